The van der Waals surface area contributed by atoms with Crippen LogP contribution in [0.4, 0.5) is 13.2 Å². The van der Waals surface area contributed by atoms with Crippen molar-refractivity contribution in [1.29, 1.82) is 0 Å². The van der Waals surface area contributed by atoms with Crippen molar-refractivity contribution in [3.05, 3.63) is 35.4 Å². The van der Waals surface area contributed by atoms with Crippen molar-refractivity contribution in [2.75, 3.05) is 12.9 Å². The summed E-state index contributed by atoms with van der Waals surface area (Å²) in [7, 11) is -3.59. The van der Waals surface area contributed by atoms with Gasteiger partial charge in [-0.3, -0.25) is 4.18 Å². The summed E-state index contributed by atoms with van der Waals surface area (Å²) in [4.78, 5) is 0. The SMILES string of the molecule is CS(=O)(=O)OCC#Cc1cccc(C(F)(F)F)c1. The molecule has 0 aromatic heterocycles. The first-order chi connectivity index (χ1) is 8.18. The van der Waals surface area contributed by atoms with Crippen LogP contribution in [0.3, 0.4) is 0 Å². The second-order valence-electron chi connectivity index (χ2n) is 3.35. The lowest BCUT2D eigenvalue weighted by Gasteiger charge is -2.05. The quantitative estimate of drug-likeness (QED) is 0.614. The van der Waals surface area contributed by atoms with Crippen molar-refractivity contribution in [3.8, 4) is 11.8 Å². The van der Waals surface area contributed by atoms with E-state index in [2.05, 4.69) is 16.0 Å². The maximum atomic E-state index is 12.4. The molecule has 0 aliphatic carbocycles. The Hall–Kier alpha value is -1.52. The molecule has 7 heteroatoms. The minimum Gasteiger partial charge on any atom is -0.257 e. The molecule has 0 fully saturated rings. The van der Waals surface area contributed by atoms with Gasteiger partial charge in [0.05, 0.1) is 11.8 Å². The predicted octanol–water partition coefficient (Wildman–Crippen LogP) is 2.03. The molecule has 0 saturated heterocycles. The van der Waals surface area contributed by atoms with Gasteiger partial charge in [-0.1, -0.05) is 17.9 Å². The number of hydrogen-bond donors (Lipinski definition) is 0. The van der Waals surface area contributed by atoms with Crippen LogP contribution in [0.2, 0.25) is 0 Å². The summed E-state index contributed by atoms with van der Waals surface area (Å²) in [5.41, 5.74) is -0.666. The van der Waals surface area contributed by atoms with Crippen molar-refractivity contribution in [2.45, 2.75) is 6.18 Å². The van der Waals surface area contributed by atoms with Gasteiger partial charge in [0.2, 0.25) is 0 Å². The Bertz CT molecular complexity index is 580. The highest BCUT2D eigenvalue weighted by Crippen LogP contribution is 2.29. The van der Waals surface area contributed by atoms with E-state index in [1.807, 2.05) is 0 Å². The molecule has 0 radical (unpaired) electrons. The van der Waals surface area contributed by atoms with Crippen LogP contribution in [0.1, 0.15) is 11.1 Å². The third kappa shape index (κ3) is 5.21. The molecule has 0 spiro atoms. The Labute approximate surface area is 103 Å². The van der Waals surface area contributed by atoms with E-state index in [-0.39, 0.29) is 5.56 Å². The van der Waals surface area contributed by atoms with Gasteiger partial charge in [-0.25, -0.2) is 0 Å². The molecule has 0 saturated carbocycles. The summed E-state index contributed by atoms with van der Waals surface area (Å²) < 4.78 is 62.6. The van der Waals surface area contributed by atoms with Crippen molar-refractivity contribution in [1.82, 2.24) is 0 Å². The van der Waals surface area contributed by atoms with Crippen LogP contribution >= 0.6 is 0 Å². The van der Waals surface area contributed by atoms with Gasteiger partial charge in [-0.05, 0) is 18.2 Å². The maximum absolute atomic E-state index is 12.4. The topological polar surface area (TPSA) is 43.4 Å². The van der Waals surface area contributed by atoms with Crippen molar-refractivity contribution in [3.63, 3.8) is 0 Å². The summed E-state index contributed by atoms with van der Waals surface area (Å²) in [6, 6.07) is 4.43. The fraction of sp³-hybridized carbons (Fsp3) is 0.273. The van der Waals surface area contributed by atoms with E-state index >= 15 is 0 Å². The number of hydrogen-bond acceptors (Lipinski definition) is 3. The number of alkyl halides is 3. The zero-order chi connectivity index (χ0) is 13.8. The van der Waals surface area contributed by atoms with E-state index < -0.39 is 28.5 Å². The lowest BCUT2D eigenvalue weighted by atomic mass is 10.1. The molecule has 3 nitrogen and oxygen atoms in total. The lowest BCUT2D eigenvalue weighted by Crippen LogP contribution is -2.04. The molecule has 0 atom stereocenters. The van der Waals surface area contributed by atoms with E-state index in [0.717, 1.165) is 18.4 Å². The van der Waals surface area contributed by atoms with E-state index in [9.17, 15) is 21.6 Å². The van der Waals surface area contributed by atoms with Crippen LogP contribution in [0.15, 0.2) is 24.3 Å². The standard InChI is InChI=1S/C11H9F3O3S/c1-18(15,16)17-7-3-5-9-4-2-6-10(8-9)11(12,13)14/h2,4,6,8H,7H2,1H3. The van der Waals surface area contributed by atoms with E-state index in [0.29, 0.717) is 0 Å². The molecule has 1 aromatic carbocycles. The van der Waals surface area contributed by atoms with Crippen LogP contribution in [0.25, 0.3) is 0 Å². The number of benzene rings is 1. The Balaban J connectivity index is 2.78. The molecular formula is C11H9F3O3S. The van der Waals surface area contributed by atoms with Gasteiger partial charge in [-0.15, -0.1) is 0 Å². The van der Waals surface area contributed by atoms with Crippen LogP contribution in [0.5, 0.6) is 0 Å². The molecule has 98 valence electrons. The van der Waals surface area contributed by atoms with Crippen LogP contribution in [-0.2, 0) is 20.5 Å². The van der Waals surface area contributed by atoms with Gasteiger partial charge in [0.25, 0.3) is 10.1 Å². The molecule has 0 bridgehead atoms. The predicted molar refractivity (Wildman–Crippen MR) is 59.1 cm³/mol. The zero-order valence-corrected chi connectivity index (χ0v) is 10.1. The second kappa shape index (κ2) is 5.42. The highest BCUT2D eigenvalue weighted by Gasteiger charge is 2.30. The minimum atomic E-state index is -4.43. The second-order valence-corrected chi connectivity index (χ2v) is 4.99. The maximum Gasteiger partial charge on any atom is 0.416 e. The van der Waals surface area contributed by atoms with Crippen molar-refractivity contribution in [2.24, 2.45) is 0 Å². The molecule has 0 heterocycles. The van der Waals surface area contributed by atoms with Gasteiger partial charge >= 0.3 is 6.18 Å². The van der Waals surface area contributed by atoms with Crippen LogP contribution in [0, 0.1) is 11.8 Å². The van der Waals surface area contributed by atoms with E-state index in [1.54, 1.807) is 0 Å². The molecule has 18 heavy (non-hydrogen) atoms. The summed E-state index contributed by atoms with van der Waals surface area (Å²) in [6.07, 6.45) is -3.57. The van der Waals surface area contributed by atoms with Gasteiger partial charge in [0.1, 0.15) is 6.61 Å². The van der Waals surface area contributed by atoms with E-state index in [4.69, 9.17) is 0 Å². The Morgan fingerprint density at radius 1 is 1.33 bits per heavy atom. The third-order valence-corrected chi connectivity index (χ3v) is 2.31. The van der Waals surface area contributed by atoms with Crippen molar-refractivity contribution >= 4 is 10.1 Å². The fourth-order valence-electron chi connectivity index (χ4n) is 1.05. The van der Waals surface area contributed by atoms with Gasteiger partial charge in [0.15, 0.2) is 0 Å². The monoisotopic (exact) mass is 278 g/mol. The Kier molecular flexibility index (Phi) is 4.38. The summed E-state index contributed by atoms with van der Waals surface area (Å²) in [6.45, 7) is -0.394. The zero-order valence-electron chi connectivity index (χ0n) is 9.28. The largest absolute Gasteiger partial charge is 0.416 e. The minimum absolute atomic E-state index is 0.141. The molecule has 0 N–H and O–H groups in total. The molecular weight excluding hydrogens is 269 g/mol. The molecule has 0 unspecified atom stereocenters. The lowest BCUT2D eigenvalue weighted by molar-refractivity contribution is -0.137. The third-order valence-electron chi connectivity index (χ3n) is 1.77. The van der Waals surface area contributed by atoms with Crippen LogP contribution in [-0.4, -0.2) is 21.3 Å². The van der Waals surface area contributed by atoms with Gasteiger partial charge < -0.3 is 0 Å². The smallest absolute Gasteiger partial charge is 0.257 e. The first kappa shape index (κ1) is 14.5. The first-order valence-electron chi connectivity index (χ1n) is 4.69. The Morgan fingerprint density at radius 3 is 2.56 bits per heavy atom. The molecule has 1 rings (SSSR count). The highest BCUT2D eigenvalue weighted by molar-refractivity contribution is 7.85. The van der Waals surface area contributed by atoms with Crippen LogP contribution < -0.4 is 0 Å². The molecule has 1 aromatic rings. The molecule has 0 aliphatic heterocycles. The molecule has 0 aliphatic rings. The summed E-state index contributed by atoms with van der Waals surface area (Å²) in [5, 5.41) is 0. The van der Waals surface area contributed by atoms with Crippen molar-refractivity contribution < 1.29 is 25.8 Å². The average molecular weight is 278 g/mol. The summed E-state index contributed by atoms with van der Waals surface area (Å²) in [5.74, 6) is 4.71. The highest BCUT2D eigenvalue weighted by atomic mass is 32.2. The fourth-order valence-corrected chi connectivity index (χ4v) is 1.32. The Morgan fingerprint density at radius 2 is 2.00 bits per heavy atom. The first-order valence-corrected chi connectivity index (χ1v) is 6.51. The normalized spacial score (nSPS) is 11.8. The van der Waals surface area contributed by atoms with E-state index in [1.165, 1.54) is 12.1 Å². The average Bonchev–Trinajstić information content (AvgIpc) is 2.22. The molecule has 0 amide bonds. The van der Waals surface area contributed by atoms with Gasteiger partial charge in [0, 0.05) is 5.56 Å². The summed E-state index contributed by atoms with van der Waals surface area (Å²) >= 11 is 0. The number of rotatable bonds is 2. The number of halogens is 3. The van der Waals surface area contributed by atoms with Gasteiger partial charge in [-0.2, -0.15) is 21.6 Å².